The molecule has 0 heterocycles. The Morgan fingerprint density at radius 3 is 0.100 bits per heavy atom. The maximum atomic E-state index is 0. The molecule has 0 saturated heterocycles. The third-order valence-electron chi connectivity index (χ3n) is 0. The van der Waals surface area contributed by atoms with E-state index in [0.29, 0.717) is 0 Å². The minimum absolute atomic E-state index is 0. The predicted molar refractivity (Wildman–Crippen MR) is 165 cm³/mol. The molecular weight excluding hydrogens is 2970 g/mol. The van der Waals surface area contributed by atoms with Crippen LogP contribution in [0.1, 0.15) is 8.56 Å². The van der Waals surface area contributed by atoms with Crippen molar-refractivity contribution in [3.05, 3.63) is 0 Å². The Morgan fingerprint density at radius 1 is 0.100 bits per heavy atom. The van der Waals surface area contributed by atoms with E-state index in [2.05, 4.69) is 0 Å². The Balaban J connectivity index is 0. The van der Waals surface area contributed by atoms with E-state index < -0.39 is 0 Å². The maximum Gasteiger partial charge on any atom is 1.00 e. The SMILES string of the molecule is B.O.O.O.O.O.O.O.O.O.O.O.O.O.O.O.O.O.O.O.O.O.O.O.O.O.O.O.O.O.O.O.O.O.O.O.O.O.O.O.O.O.[H-].[H-].[H-].[H-].[H-].[H-].[K+].[K+].[K+].[K+].[K+].[K+].[V].[W].[W].[W].[W].[W].[W].[W].[W].[W].[W].[W]. The van der Waals surface area contributed by atoms with Crippen molar-refractivity contribution in [1.29, 1.82) is 0 Å². The summed E-state index contributed by atoms with van der Waals surface area (Å²) in [7, 11) is 0. The van der Waals surface area contributed by atoms with Crippen LogP contribution in [-0.2, 0) is 250 Å². The summed E-state index contributed by atoms with van der Waals surface area (Å²) in [6.07, 6.45) is 0. The standard InChI is InChI=1S/BH3.6K.41H2O.V.11W.6H/h1H3;;;;;;;41*1H2;;;;;;;;;;;;;;;;;;/q;6*+1;;;;;;;;;;;;;;;;;;;;;;;;;;;;;;;;;;;;;;;;;;;;;;;;;;;;;;6*-1. The summed E-state index contributed by atoms with van der Waals surface area (Å²) in [4.78, 5) is 0. The van der Waals surface area contributed by atoms with E-state index in [0.717, 1.165) is 0 Å². The van der Waals surface area contributed by atoms with Crippen LogP contribution in [0.3, 0.4) is 0 Å². The van der Waals surface area contributed by atoms with Crippen molar-refractivity contribution < 1.29 is 792 Å². The molecule has 60 heavy (non-hydrogen) atoms. The summed E-state index contributed by atoms with van der Waals surface area (Å²) in [6, 6.07) is 0. The van der Waals surface area contributed by atoms with E-state index in [1.807, 2.05) is 0 Å². The molecule has 0 fully saturated rings. The van der Waals surface area contributed by atoms with Gasteiger partial charge in [0.1, 0.15) is 0 Å². The van der Waals surface area contributed by atoms with Crippen LogP contribution in [-0.4, -0.2) is 233 Å². The van der Waals surface area contributed by atoms with Gasteiger partial charge in [-0.3, -0.25) is 0 Å². The van der Waals surface area contributed by atoms with Crippen LogP contribution in [0.4, 0.5) is 0 Å². The average molecular weight is 3070 g/mol. The minimum Gasteiger partial charge on any atom is -1.00 e. The van der Waals surface area contributed by atoms with E-state index >= 15 is 0 Å². The van der Waals surface area contributed by atoms with E-state index in [9.17, 15) is 0 Å². The Kier molecular flexibility index (Phi) is 41800. The number of rotatable bonds is 0. The molecule has 41 nitrogen and oxygen atoms in total. The molecule has 0 bridgehead atoms. The minimum atomic E-state index is 0. The van der Waals surface area contributed by atoms with Crippen molar-refractivity contribution in [2.24, 2.45) is 0 Å². The normalized spacial score (nSPS) is 0. The Morgan fingerprint density at radius 2 is 0.100 bits per heavy atom. The van der Waals surface area contributed by atoms with Crippen LogP contribution in [0.15, 0.2) is 0 Å². The summed E-state index contributed by atoms with van der Waals surface area (Å²) in [5, 5.41) is 0. The van der Waals surface area contributed by atoms with Crippen molar-refractivity contribution >= 4 is 8.41 Å². The molecule has 60 heteroatoms. The second-order valence-corrected chi connectivity index (χ2v) is 0. The molecule has 0 saturated carbocycles. The van der Waals surface area contributed by atoms with Gasteiger partial charge in [0.25, 0.3) is 0 Å². The fourth-order valence-corrected chi connectivity index (χ4v) is 0. The zero-order chi connectivity index (χ0) is 0. The fourth-order valence-electron chi connectivity index (χ4n) is 0. The molecule has 0 aromatic heterocycles. The molecule has 417 valence electrons. The third-order valence-corrected chi connectivity index (χ3v) is 0. The van der Waals surface area contributed by atoms with Crippen molar-refractivity contribution in [3.63, 3.8) is 0 Å². The van der Waals surface area contributed by atoms with E-state index in [-0.39, 0.29) is 800 Å². The topological polar surface area (TPSA) is 1290 Å². The van der Waals surface area contributed by atoms with Gasteiger partial charge in [-0.25, -0.2) is 0 Å². The van der Waals surface area contributed by atoms with Gasteiger partial charge in [0.2, 0.25) is 0 Å². The van der Waals surface area contributed by atoms with Crippen LogP contribution >= 0.6 is 0 Å². The summed E-state index contributed by atoms with van der Waals surface area (Å²) in [5.41, 5.74) is 0. The van der Waals surface area contributed by atoms with Crippen molar-refractivity contribution in [1.82, 2.24) is 0 Å². The molecule has 82 N–H and O–H groups in total. The van der Waals surface area contributed by atoms with Crippen molar-refractivity contribution in [2.75, 3.05) is 0 Å². The molecule has 0 aliphatic rings. The molecule has 0 spiro atoms. The molecule has 0 unspecified atom stereocenters. The second kappa shape index (κ2) is 1550. The Labute approximate surface area is 779 Å². The predicted octanol–water partition coefficient (Wildman–Crippen LogP) is -52.3. The van der Waals surface area contributed by atoms with Crippen molar-refractivity contribution in [3.8, 4) is 0 Å². The summed E-state index contributed by atoms with van der Waals surface area (Å²) >= 11 is 0. The first-order chi connectivity index (χ1) is 0. The first-order valence-electron chi connectivity index (χ1n) is 0. The van der Waals surface area contributed by atoms with E-state index in [1.165, 1.54) is 0 Å². The van der Waals surface area contributed by atoms with Gasteiger partial charge in [-0.2, -0.15) is 0 Å². The second-order valence-electron chi connectivity index (χ2n) is 0. The average Bonchev–Trinajstić information content (AvgIpc) is 0. The summed E-state index contributed by atoms with van der Waals surface area (Å²) < 4.78 is 0. The monoisotopic (exact) mass is 3070 g/mol. The van der Waals surface area contributed by atoms with E-state index in [1.54, 1.807) is 0 Å². The van der Waals surface area contributed by atoms with Gasteiger partial charge in [-0.15, -0.1) is 0 Å². The molecule has 0 amide bonds. The van der Waals surface area contributed by atoms with Crippen LogP contribution in [0.2, 0.25) is 0 Å². The number of hydrogen-bond acceptors (Lipinski definition) is 0. The Hall–Kier alpha value is 16.4. The van der Waals surface area contributed by atoms with Crippen LogP contribution in [0.5, 0.6) is 0 Å². The van der Waals surface area contributed by atoms with Gasteiger partial charge in [-0.1, -0.05) is 0 Å². The van der Waals surface area contributed by atoms with E-state index in [4.69, 9.17) is 0 Å². The van der Waals surface area contributed by atoms with Gasteiger partial charge < -0.3 is 233 Å². The quantitative estimate of drug-likeness (QED) is 0.204. The van der Waals surface area contributed by atoms with Gasteiger partial charge in [0, 0.05) is 250 Å². The third kappa shape index (κ3) is 1490. The summed E-state index contributed by atoms with van der Waals surface area (Å²) in [6.45, 7) is 0. The molecule has 1 radical (unpaired) electrons. The molecule has 0 aromatic rings. The fraction of sp³-hybridized carbons (Fsp3) is 0. The number of hydrogen-bond donors (Lipinski definition) is 0. The van der Waals surface area contributed by atoms with Gasteiger partial charge in [0.15, 0.2) is 0 Å². The van der Waals surface area contributed by atoms with Crippen LogP contribution < -0.4 is 308 Å². The first-order valence-corrected chi connectivity index (χ1v) is 0. The van der Waals surface area contributed by atoms with Crippen LogP contribution in [0, 0.1) is 0 Å². The largest absolute Gasteiger partial charge is 1.00 e. The van der Waals surface area contributed by atoms with Gasteiger partial charge in [0.05, 0.1) is 8.41 Å². The van der Waals surface area contributed by atoms with Crippen LogP contribution in [0.25, 0.3) is 0 Å². The Bertz CT molecular complexity index is 110. The zero-order valence-corrected chi connectivity index (χ0v) is 83.8. The molecular formula is H91BK6O41VW11. The first kappa shape index (κ1) is 1620. The maximum absolute atomic E-state index is 0. The van der Waals surface area contributed by atoms with Gasteiger partial charge >= 0.3 is 308 Å². The summed E-state index contributed by atoms with van der Waals surface area (Å²) in [5.74, 6) is 0. The molecule has 0 aliphatic carbocycles. The van der Waals surface area contributed by atoms with Crippen molar-refractivity contribution in [2.45, 2.75) is 0 Å². The molecule has 0 aliphatic heterocycles. The van der Waals surface area contributed by atoms with Gasteiger partial charge in [-0.05, 0) is 0 Å². The molecule has 0 rings (SSSR count). The zero-order valence-electron chi connectivity index (χ0n) is 37.4. The molecule has 0 aromatic carbocycles. The molecule has 0 atom stereocenters. The smallest absolute Gasteiger partial charge is 1.00 e.